The number of hydrogen-bond acceptors (Lipinski definition) is 6. The van der Waals surface area contributed by atoms with Gasteiger partial charge in [-0.25, -0.2) is 9.20 Å². The molecular formula is C22H25N5O5. The van der Waals surface area contributed by atoms with Gasteiger partial charge in [-0.3, -0.25) is 23.3 Å². The third kappa shape index (κ3) is 3.19. The van der Waals surface area contributed by atoms with Crippen molar-refractivity contribution in [2.24, 2.45) is 14.1 Å². The highest BCUT2D eigenvalue weighted by molar-refractivity contribution is 5.76. The van der Waals surface area contributed by atoms with Crippen LogP contribution in [0, 0.1) is 0 Å². The quantitative estimate of drug-likeness (QED) is 0.482. The molecule has 0 amide bonds. The molecule has 0 radical (unpaired) electrons. The van der Waals surface area contributed by atoms with E-state index in [1.165, 1.54) is 27.6 Å². The summed E-state index contributed by atoms with van der Waals surface area (Å²) in [6, 6.07) is 7.24. The van der Waals surface area contributed by atoms with Crippen molar-refractivity contribution in [2.45, 2.75) is 32.7 Å². The van der Waals surface area contributed by atoms with Gasteiger partial charge in [0, 0.05) is 14.1 Å². The lowest BCUT2D eigenvalue weighted by atomic mass is 10.1. The van der Waals surface area contributed by atoms with E-state index in [1.54, 1.807) is 19.2 Å². The first-order chi connectivity index (χ1) is 15.3. The van der Waals surface area contributed by atoms with Crippen LogP contribution >= 0.6 is 0 Å². The van der Waals surface area contributed by atoms with Crippen LogP contribution in [0.4, 0.5) is 0 Å². The molecule has 1 aromatic carbocycles. The average molecular weight is 439 g/mol. The molecule has 0 unspecified atom stereocenters. The molecule has 10 heteroatoms. The number of unbranched alkanes of at least 4 members (excludes halogenated alkanes) is 1. The molecule has 0 aliphatic heterocycles. The van der Waals surface area contributed by atoms with E-state index in [0.717, 1.165) is 16.6 Å². The highest BCUT2D eigenvalue weighted by Crippen LogP contribution is 2.23. The fourth-order valence-electron chi connectivity index (χ4n) is 3.88. The zero-order valence-corrected chi connectivity index (χ0v) is 18.5. The molecule has 3 heterocycles. The van der Waals surface area contributed by atoms with E-state index in [4.69, 9.17) is 4.74 Å². The molecule has 1 N–H and O–H groups in total. The zero-order valence-electron chi connectivity index (χ0n) is 18.5. The van der Waals surface area contributed by atoms with Gasteiger partial charge in [0.05, 0.1) is 19.2 Å². The zero-order chi connectivity index (χ0) is 23.2. The van der Waals surface area contributed by atoms with Gasteiger partial charge in [-0.15, -0.1) is 0 Å². The third-order valence-corrected chi connectivity index (χ3v) is 5.75. The Labute approximate surface area is 182 Å². The van der Waals surface area contributed by atoms with E-state index in [2.05, 4.69) is 4.98 Å². The number of aryl methyl sites for hydroxylation is 1. The molecule has 32 heavy (non-hydrogen) atoms. The Kier molecular flexibility index (Phi) is 5.37. The Balaban J connectivity index is 2.10. The molecule has 3 aromatic heterocycles. The van der Waals surface area contributed by atoms with Crippen LogP contribution in [0.2, 0.25) is 0 Å². The van der Waals surface area contributed by atoms with E-state index in [-0.39, 0.29) is 40.5 Å². The van der Waals surface area contributed by atoms with Crippen LogP contribution in [0.25, 0.3) is 16.9 Å². The summed E-state index contributed by atoms with van der Waals surface area (Å²) in [7, 11) is 4.44. The van der Waals surface area contributed by atoms with Gasteiger partial charge >= 0.3 is 5.69 Å². The summed E-state index contributed by atoms with van der Waals surface area (Å²) >= 11 is 0. The summed E-state index contributed by atoms with van der Waals surface area (Å²) in [5.41, 5.74) is -0.342. The van der Waals surface area contributed by atoms with Crippen molar-refractivity contribution in [3.63, 3.8) is 0 Å². The molecular weight excluding hydrogens is 414 g/mol. The minimum absolute atomic E-state index is 0.0447. The van der Waals surface area contributed by atoms with E-state index in [1.807, 2.05) is 19.1 Å². The minimum Gasteiger partial charge on any atom is -0.497 e. The van der Waals surface area contributed by atoms with Gasteiger partial charge in [0.25, 0.3) is 11.1 Å². The van der Waals surface area contributed by atoms with E-state index < -0.39 is 11.2 Å². The second-order valence-electron chi connectivity index (χ2n) is 7.77. The van der Waals surface area contributed by atoms with Gasteiger partial charge in [0.2, 0.25) is 11.7 Å². The number of ether oxygens (including phenoxy) is 1. The maximum atomic E-state index is 13.4. The number of hydrogen-bond donors (Lipinski definition) is 1. The van der Waals surface area contributed by atoms with Crippen LogP contribution in [0.5, 0.6) is 11.6 Å². The van der Waals surface area contributed by atoms with Gasteiger partial charge < -0.3 is 9.84 Å². The largest absolute Gasteiger partial charge is 0.497 e. The highest BCUT2D eigenvalue weighted by atomic mass is 16.5. The van der Waals surface area contributed by atoms with Crippen molar-refractivity contribution in [2.75, 3.05) is 7.11 Å². The number of nitrogens with zero attached hydrogens (tertiary/aromatic N) is 5. The fourth-order valence-corrected chi connectivity index (χ4v) is 3.88. The van der Waals surface area contributed by atoms with Crippen LogP contribution < -0.4 is 21.5 Å². The molecule has 0 aliphatic rings. The molecule has 0 fully saturated rings. The molecule has 4 aromatic rings. The third-order valence-electron chi connectivity index (χ3n) is 5.75. The lowest BCUT2D eigenvalue weighted by Gasteiger charge is -2.13. The van der Waals surface area contributed by atoms with Gasteiger partial charge in [-0.2, -0.15) is 4.98 Å². The maximum absolute atomic E-state index is 13.4. The summed E-state index contributed by atoms with van der Waals surface area (Å²) in [4.78, 5) is 43.2. The summed E-state index contributed by atoms with van der Waals surface area (Å²) in [5, 5.41) is 11.0. The van der Waals surface area contributed by atoms with Crippen LogP contribution in [-0.4, -0.2) is 35.3 Å². The summed E-state index contributed by atoms with van der Waals surface area (Å²) in [6.07, 6.45) is 1.88. The Bertz CT molecular complexity index is 1510. The van der Waals surface area contributed by atoms with Crippen LogP contribution in [0.15, 0.2) is 38.6 Å². The predicted molar refractivity (Wildman–Crippen MR) is 120 cm³/mol. The molecule has 0 bridgehead atoms. The van der Waals surface area contributed by atoms with Gasteiger partial charge in [0.1, 0.15) is 5.75 Å². The maximum Gasteiger partial charge on any atom is 0.332 e. The van der Waals surface area contributed by atoms with Crippen LogP contribution in [-0.2, 0) is 27.1 Å². The SMILES string of the molecule is CCCCc1c(O)n2c3c(=O)n(C)c(=O)n(C)c3nc2n(Cc2ccc(OC)cc2)c1=O. The second-order valence-corrected chi connectivity index (χ2v) is 7.77. The van der Waals surface area contributed by atoms with Crippen molar-refractivity contribution < 1.29 is 9.84 Å². The number of aromatic nitrogens is 5. The second kappa shape index (κ2) is 8.03. The number of imidazole rings is 1. The van der Waals surface area contributed by atoms with E-state index in [0.29, 0.717) is 18.6 Å². The van der Waals surface area contributed by atoms with E-state index >= 15 is 0 Å². The topological polar surface area (TPSA) is 113 Å². The molecule has 4 rings (SSSR count). The van der Waals surface area contributed by atoms with Gasteiger partial charge in [-0.1, -0.05) is 25.5 Å². The number of aromatic hydroxyl groups is 1. The first-order valence-electron chi connectivity index (χ1n) is 10.4. The number of rotatable bonds is 6. The van der Waals surface area contributed by atoms with E-state index in [9.17, 15) is 19.5 Å². The lowest BCUT2D eigenvalue weighted by molar-refractivity contribution is 0.414. The van der Waals surface area contributed by atoms with Crippen LogP contribution in [0.3, 0.4) is 0 Å². The summed E-state index contributed by atoms with van der Waals surface area (Å²) < 4.78 is 10.1. The molecule has 0 saturated heterocycles. The normalized spacial score (nSPS) is 11.5. The Hall–Kier alpha value is -3.82. The molecule has 10 nitrogen and oxygen atoms in total. The monoisotopic (exact) mass is 439 g/mol. The Morgan fingerprint density at radius 2 is 1.72 bits per heavy atom. The average Bonchev–Trinajstić information content (AvgIpc) is 3.20. The smallest absolute Gasteiger partial charge is 0.332 e. The standard InChI is InChI=1S/C22H25N5O5/c1-5-6-7-15-18(28)26(12-13-8-10-14(32-4)11-9-13)21-23-17-16(27(21)19(15)29)20(30)25(3)22(31)24(17)2/h8-11,29H,5-7,12H2,1-4H3. The summed E-state index contributed by atoms with van der Waals surface area (Å²) in [6.45, 7) is 2.16. The van der Waals surface area contributed by atoms with Crippen molar-refractivity contribution in [3.05, 3.63) is 66.6 Å². The lowest BCUT2D eigenvalue weighted by Crippen LogP contribution is -2.37. The van der Waals surface area contributed by atoms with Crippen molar-refractivity contribution in [3.8, 4) is 11.6 Å². The molecule has 0 saturated carbocycles. The van der Waals surface area contributed by atoms with Crippen LogP contribution in [0.1, 0.15) is 30.9 Å². The Morgan fingerprint density at radius 3 is 2.34 bits per heavy atom. The first kappa shape index (κ1) is 21.4. The number of methoxy groups -OCH3 is 1. The number of benzene rings is 1. The Morgan fingerprint density at radius 1 is 1.03 bits per heavy atom. The summed E-state index contributed by atoms with van der Waals surface area (Å²) in [5.74, 6) is 0.463. The molecule has 0 spiro atoms. The van der Waals surface area contributed by atoms with Gasteiger partial charge in [-0.05, 0) is 30.5 Å². The first-order valence-corrected chi connectivity index (χ1v) is 10.4. The number of fused-ring (bicyclic) bond motifs is 3. The van der Waals surface area contributed by atoms with Gasteiger partial charge in [0.15, 0.2) is 11.2 Å². The molecule has 0 aliphatic carbocycles. The minimum atomic E-state index is -0.595. The predicted octanol–water partition coefficient (Wildman–Crippen LogP) is 1.15. The fraction of sp³-hybridized carbons (Fsp3) is 0.364. The molecule has 0 atom stereocenters. The molecule has 168 valence electrons. The van der Waals surface area contributed by atoms with Crippen molar-refractivity contribution >= 4 is 16.9 Å². The van der Waals surface area contributed by atoms with Crippen molar-refractivity contribution in [1.29, 1.82) is 0 Å². The van der Waals surface area contributed by atoms with Crippen molar-refractivity contribution in [1.82, 2.24) is 23.1 Å². The highest BCUT2D eigenvalue weighted by Gasteiger charge is 2.24.